The van der Waals surface area contributed by atoms with Gasteiger partial charge in [-0.05, 0) is 52.4 Å². The van der Waals surface area contributed by atoms with Gasteiger partial charge in [-0.3, -0.25) is 0 Å². The molecular formula is C10H6INS2. The van der Waals surface area contributed by atoms with Crippen LogP contribution in [0.4, 0.5) is 0 Å². The molecule has 1 heterocycles. The number of thiophene rings is 1. The number of fused-ring (bicyclic) bond motifs is 1. The molecule has 0 N–H and O–H groups in total. The fraction of sp³-hybridized carbons (Fsp3) is 0.100. The molecule has 4 heteroatoms. The number of benzene rings is 1. The van der Waals surface area contributed by atoms with E-state index in [1.807, 2.05) is 12.3 Å². The molecule has 0 aliphatic rings. The van der Waals surface area contributed by atoms with Crippen molar-refractivity contribution in [3.63, 3.8) is 0 Å². The minimum atomic E-state index is 0.777. The molecule has 0 saturated heterocycles. The minimum absolute atomic E-state index is 0.777. The van der Waals surface area contributed by atoms with Gasteiger partial charge in [0.1, 0.15) is 6.07 Å². The van der Waals surface area contributed by atoms with Crippen molar-refractivity contribution in [1.82, 2.24) is 0 Å². The highest BCUT2D eigenvalue weighted by Gasteiger charge is 2.06. The number of rotatable bonds is 1. The van der Waals surface area contributed by atoms with Crippen molar-refractivity contribution in [2.24, 2.45) is 0 Å². The van der Waals surface area contributed by atoms with E-state index in [2.05, 4.69) is 40.8 Å². The van der Waals surface area contributed by atoms with Gasteiger partial charge in [0.2, 0.25) is 0 Å². The van der Waals surface area contributed by atoms with Crippen LogP contribution in [-0.2, 0) is 0 Å². The van der Waals surface area contributed by atoms with Crippen molar-refractivity contribution in [2.45, 2.75) is 4.90 Å². The molecule has 0 unspecified atom stereocenters. The summed E-state index contributed by atoms with van der Waals surface area (Å²) in [6.07, 6.45) is 2.00. The van der Waals surface area contributed by atoms with Crippen LogP contribution in [0.1, 0.15) is 5.56 Å². The Morgan fingerprint density at radius 3 is 2.86 bits per heavy atom. The molecule has 0 atom stereocenters. The Kier molecular flexibility index (Phi) is 3.00. The SMILES string of the molecule is CSc1cc2sc(I)cc2cc1C#N. The molecule has 70 valence electrons. The van der Waals surface area contributed by atoms with Crippen LogP contribution in [0.2, 0.25) is 0 Å². The lowest BCUT2D eigenvalue weighted by Gasteiger charge is -1.99. The van der Waals surface area contributed by atoms with Gasteiger partial charge in [0, 0.05) is 9.60 Å². The molecule has 0 aliphatic carbocycles. The normalized spacial score (nSPS) is 10.4. The summed E-state index contributed by atoms with van der Waals surface area (Å²) >= 11 is 5.70. The molecule has 1 aromatic heterocycles. The van der Waals surface area contributed by atoms with E-state index in [0.29, 0.717) is 0 Å². The molecule has 1 aromatic carbocycles. The van der Waals surface area contributed by atoms with Gasteiger partial charge in [0.25, 0.3) is 0 Å². The Labute approximate surface area is 104 Å². The molecule has 0 radical (unpaired) electrons. The molecule has 0 aliphatic heterocycles. The first-order chi connectivity index (χ1) is 6.74. The van der Waals surface area contributed by atoms with Crippen LogP contribution in [0.5, 0.6) is 0 Å². The summed E-state index contributed by atoms with van der Waals surface area (Å²) in [5, 5.41) is 10.1. The first-order valence-electron chi connectivity index (χ1n) is 3.92. The molecule has 1 nitrogen and oxygen atoms in total. The minimum Gasteiger partial charge on any atom is -0.192 e. The maximum atomic E-state index is 8.95. The van der Waals surface area contributed by atoms with E-state index in [4.69, 9.17) is 5.26 Å². The Morgan fingerprint density at radius 1 is 1.43 bits per heavy atom. The maximum absolute atomic E-state index is 8.95. The van der Waals surface area contributed by atoms with E-state index in [-0.39, 0.29) is 0 Å². The van der Waals surface area contributed by atoms with Crippen molar-refractivity contribution in [3.05, 3.63) is 26.6 Å². The molecule has 0 spiro atoms. The predicted octanol–water partition coefficient (Wildman–Crippen LogP) is 4.10. The zero-order chi connectivity index (χ0) is 10.1. The van der Waals surface area contributed by atoms with Gasteiger partial charge in [0.05, 0.1) is 8.45 Å². The lowest BCUT2D eigenvalue weighted by Crippen LogP contribution is -1.78. The van der Waals surface area contributed by atoms with E-state index in [0.717, 1.165) is 10.5 Å². The van der Waals surface area contributed by atoms with Crippen LogP contribution in [0.25, 0.3) is 10.1 Å². The molecular weight excluding hydrogens is 325 g/mol. The zero-order valence-electron chi connectivity index (χ0n) is 7.37. The topological polar surface area (TPSA) is 23.8 Å². The van der Waals surface area contributed by atoms with Crippen LogP contribution in [0, 0.1) is 14.2 Å². The van der Waals surface area contributed by atoms with E-state index >= 15 is 0 Å². The van der Waals surface area contributed by atoms with Gasteiger partial charge < -0.3 is 0 Å². The lowest BCUT2D eigenvalue weighted by atomic mass is 10.2. The number of nitriles is 1. The van der Waals surface area contributed by atoms with Gasteiger partial charge in [-0.15, -0.1) is 23.1 Å². The molecule has 0 fully saturated rings. The summed E-state index contributed by atoms with van der Waals surface area (Å²) in [4.78, 5) is 1.07. The van der Waals surface area contributed by atoms with Crippen molar-refractivity contribution >= 4 is 55.8 Å². The van der Waals surface area contributed by atoms with Crippen LogP contribution < -0.4 is 0 Å². The second-order valence-electron chi connectivity index (χ2n) is 2.75. The van der Waals surface area contributed by atoms with E-state index < -0.39 is 0 Å². The van der Waals surface area contributed by atoms with Gasteiger partial charge in [-0.1, -0.05) is 0 Å². The number of thioether (sulfide) groups is 1. The van der Waals surface area contributed by atoms with Gasteiger partial charge in [-0.2, -0.15) is 5.26 Å². The number of hydrogen-bond acceptors (Lipinski definition) is 3. The van der Waals surface area contributed by atoms with Gasteiger partial charge in [-0.25, -0.2) is 0 Å². The van der Waals surface area contributed by atoms with Crippen molar-refractivity contribution < 1.29 is 0 Å². The highest BCUT2D eigenvalue weighted by atomic mass is 127. The van der Waals surface area contributed by atoms with E-state index in [9.17, 15) is 0 Å². The summed E-state index contributed by atoms with van der Waals surface area (Å²) in [7, 11) is 0. The van der Waals surface area contributed by atoms with Crippen LogP contribution >= 0.6 is 45.7 Å². The fourth-order valence-electron chi connectivity index (χ4n) is 1.29. The Hall–Kier alpha value is -0.250. The lowest BCUT2D eigenvalue weighted by molar-refractivity contribution is 1.40. The number of nitrogens with zero attached hydrogens (tertiary/aromatic N) is 1. The third-order valence-corrected chi connectivity index (χ3v) is 4.56. The third-order valence-electron chi connectivity index (χ3n) is 1.93. The summed E-state index contributed by atoms with van der Waals surface area (Å²) < 4.78 is 2.53. The Morgan fingerprint density at radius 2 is 2.21 bits per heavy atom. The molecule has 0 amide bonds. The molecule has 2 aromatic rings. The molecule has 2 rings (SSSR count). The quantitative estimate of drug-likeness (QED) is 0.580. The Balaban J connectivity index is 2.76. The molecule has 0 bridgehead atoms. The third kappa shape index (κ3) is 1.76. The summed E-state index contributed by atoms with van der Waals surface area (Å²) in [6.45, 7) is 0. The standard InChI is InChI=1S/C10H6INS2/c1-13-8-4-9-6(2-7(8)5-12)3-10(11)14-9/h2-4H,1H3. The number of hydrogen-bond donors (Lipinski definition) is 0. The highest BCUT2D eigenvalue weighted by molar-refractivity contribution is 14.1. The van der Waals surface area contributed by atoms with Crippen LogP contribution in [-0.4, -0.2) is 6.26 Å². The van der Waals surface area contributed by atoms with Crippen molar-refractivity contribution in [2.75, 3.05) is 6.26 Å². The highest BCUT2D eigenvalue weighted by Crippen LogP contribution is 2.32. The fourth-order valence-corrected chi connectivity index (χ4v) is 3.78. The van der Waals surface area contributed by atoms with Gasteiger partial charge in [0.15, 0.2) is 0 Å². The summed E-state index contributed by atoms with van der Waals surface area (Å²) in [5.74, 6) is 0. The largest absolute Gasteiger partial charge is 0.192 e. The van der Waals surface area contributed by atoms with E-state index in [1.54, 1.807) is 23.1 Å². The average molecular weight is 331 g/mol. The second kappa shape index (κ2) is 4.09. The average Bonchev–Trinajstić information content (AvgIpc) is 2.54. The van der Waals surface area contributed by atoms with E-state index in [1.165, 1.54) is 13.0 Å². The summed E-state index contributed by atoms with van der Waals surface area (Å²) in [6, 6.07) is 8.42. The van der Waals surface area contributed by atoms with Gasteiger partial charge >= 0.3 is 0 Å². The molecule has 14 heavy (non-hydrogen) atoms. The smallest absolute Gasteiger partial charge is 0.100 e. The Bertz CT molecular complexity index is 525. The van der Waals surface area contributed by atoms with Crippen LogP contribution in [0.3, 0.4) is 0 Å². The zero-order valence-corrected chi connectivity index (χ0v) is 11.2. The first kappa shape index (κ1) is 10.3. The summed E-state index contributed by atoms with van der Waals surface area (Å²) in [5.41, 5.74) is 0.777. The molecule has 0 saturated carbocycles. The predicted molar refractivity (Wildman–Crippen MR) is 71.0 cm³/mol. The van der Waals surface area contributed by atoms with Crippen molar-refractivity contribution in [3.8, 4) is 6.07 Å². The van der Waals surface area contributed by atoms with Crippen molar-refractivity contribution in [1.29, 1.82) is 5.26 Å². The monoisotopic (exact) mass is 331 g/mol. The van der Waals surface area contributed by atoms with Crippen LogP contribution in [0.15, 0.2) is 23.1 Å². The number of halogens is 1. The first-order valence-corrected chi connectivity index (χ1v) is 7.04. The maximum Gasteiger partial charge on any atom is 0.100 e. The second-order valence-corrected chi connectivity index (χ2v) is 6.58.